The molecule has 0 radical (unpaired) electrons. The van der Waals surface area contributed by atoms with Crippen molar-refractivity contribution in [1.29, 1.82) is 0 Å². The van der Waals surface area contributed by atoms with Gasteiger partial charge in [-0.15, -0.1) is 0 Å². The second-order valence-electron chi connectivity index (χ2n) is 4.73. The number of carbonyl (C=O) groups excluding carboxylic acids is 1. The standard InChI is InChI=1S/C16H20O4/c1-18-14-7-4-5-13(11-14)8-9-16(17)20-12-15-6-2-3-10-19-15/h4-5,7-9,11,15H,2-3,6,10,12H2,1H3/b9-8+. The van der Waals surface area contributed by atoms with E-state index in [1.54, 1.807) is 13.2 Å². The van der Waals surface area contributed by atoms with Gasteiger partial charge in [-0.25, -0.2) is 4.79 Å². The first-order chi connectivity index (χ1) is 9.78. The second kappa shape index (κ2) is 7.70. The minimum absolute atomic E-state index is 0.0536. The van der Waals surface area contributed by atoms with Crippen LogP contribution in [-0.2, 0) is 14.3 Å². The summed E-state index contributed by atoms with van der Waals surface area (Å²) < 4.78 is 15.8. The van der Waals surface area contributed by atoms with Gasteiger partial charge in [0, 0.05) is 12.7 Å². The number of hydrogen-bond acceptors (Lipinski definition) is 4. The summed E-state index contributed by atoms with van der Waals surface area (Å²) in [7, 11) is 1.61. The molecule has 0 spiro atoms. The molecule has 1 aromatic rings. The van der Waals surface area contributed by atoms with E-state index in [1.165, 1.54) is 6.08 Å². The fourth-order valence-electron chi connectivity index (χ4n) is 2.07. The van der Waals surface area contributed by atoms with Gasteiger partial charge in [0.15, 0.2) is 0 Å². The van der Waals surface area contributed by atoms with Gasteiger partial charge in [0.05, 0.1) is 13.2 Å². The number of hydrogen-bond donors (Lipinski definition) is 0. The highest BCUT2D eigenvalue weighted by Gasteiger charge is 2.15. The molecule has 0 aliphatic carbocycles. The lowest BCUT2D eigenvalue weighted by atomic mass is 10.1. The fourth-order valence-corrected chi connectivity index (χ4v) is 2.07. The van der Waals surface area contributed by atoms with Crippen LogP contribution in [0.5, 0.6) is 5.75 Å². The van der Waals surface area contributed by atoms with Gasteiger partial charge in [-0.2, -0.15) is 0 Å². The molecule has 1 aromatic carbocycles. The van der Waals surface area contributed by atoms with Crippen LogP contribution >= 0.6 is 0 Å². The monoisotopic (exact) mass is 276 g/mol. The molecule has 1 heterocycles. The first-order valence-corrected chi connectivity index (χ1v) is 6.88. The van der Waals surface area contributed by atoms with Crippen LogP contribution in [-0.4, -0.2) is 32.4 Å². The van der Waals surface area contributed by atoms with E-state index < -0.39 is 0 Å². The number of ether oxygens (including phenoxy) is 3. The second-order valence-corrected chi connectivity index (χ2v) is 4.73. The van der Waals surface area contributed by atoms with Crippen molar-refractivity contribution in [1.82, 2.24) is 0 Å². The van der Waals surface area contributed by atoms with Gasteiger partial charge in [0.1, 0.15) is 12.4 Å². The molecule has 20 heavy (non-hydrogen) atoms. The Morgan fingerprint density at radius 3 is 3.10 bits per heavy atom. The van der Waals surface area contributed by atoms with Crippen molar-refractivity contribution < 1.29 is 19.0 Å². The average Bonchev–Trinajstić information content (AvgIpc) is 2.52. The van der Waals surface area contributed by atoms with Gasteiger partial charge in [-0.3, -0.25) is 0 Å². The van der Waals surface area contributed by atoms with E-state index in [9.17, 15) is 4.79 Å². The SMILES string of the molecule is COc1cccc(/C=C/C(=O)OCC2CCCCO2)c1. The van der Waals surface area contributed by atoms with Crippen LogP contribution < -0.4 is 4.74 Å². The van der Waals surface area contributed by atoms with E-state index >= 15 is 0 Å². The Labute approximate surface area is 119 Å². The largest absolute Gasteiger partial charge is 0.497 e. The third kappa shape index (κ3) is 4.70. The molecule has 0 aromatic heterocycles. The van der Waals surface area contributed by atoms with Crippen molar-refractivity contribution >= 4 is 12.0 Å². The molecule has 1 aliphatic heterocycles. The Morgan fingerprint density at radius 2 is 2.35 bits per heavy atom. The van der Waals surface area contributed by atoms with E-state index in [0.717, 1.165) is 37.2 Å². The maximum absolute atomic E-state index is 11.6. The summed E-state index contributed by atoms with van der Waals surface area (Å²) in [6.07, 6.45) is 6.40. The summed E-state index contributed by atoms with van der Waals surface area (Å²) in [6, 6.07) is 7.49. The first-order valence-electron chi connectivity index (χ1n) is 6.88. The van der Waals surface area contributed by atoms with E-state index in [2.05, 4.69) is 0 Å². The Bertz CT molecular complexity index is 461. The molecule has 2 rings (SSSR count). The number of esters is 1. The minimum Gasteiger partial charge on any atom is -0.497 e. The highest BCUT2D eigenvalue weighted by atomic mass is 16.6. The highest BCUT2D eigenvalue weighted by molar-refractivity contribution is 5.87. The molecule has 0 N–H and O–H groups in total. The van der Waals surface area contributed by atoms with Crippen molar-refractivity contribution in [3.63, 3.8) is 0 Å². The molecule has 1 fully saturated rings. The molecule has 4 heteroatoms. The number of methoxy groups -OCH3 is 1. The Morgan fingerprint density at radius 1 is 1.45 bits per heavy atom. The lowest BCUT2D eigenvalue weighted by molar-refractivity contribution is -0.143. The summed E-state index contributed by atoms with van der Waals surface area (Å²) in [4.78, 5) is 11.6. The van der Waals surface area contributed by atoms with Crippen LogP contribution in [0.25, 0.3) is 6.08 Å². The topological polar surface area (TPSA) is 44.8 Å². The van der Waals surface area contributed by atoms with E-state index in [4.69, 9.17) is 14.2 Å². The highest BCUT2D eigenvalue weighted by Crippen LogP contribution is 2.14. The summed E-state index contributed by atoms with van der Waals surface area (Å²) >= 11 is 0. The van der Waals surface area contributed by atoms with Gasteiger partial charge in [0.2, 0.25) is 0 Å². The van der Waals surface area contributed by atoms with E-state index in [0.29, 0.717) is 6.61 Å². The summed E-state index contributed by atoms with van der Waals surface area (Å²) in [5.74, 6) is 0.415. The van der Waals surface area contributed by atoms with Gasteiger partial charge >= 0.3 is 5.97 Å². The summed E-state index contributed by atoms with van der Waals surface area (Å²) in [5, 5.41) is 0. The zero-order chi connectivity index (χ0) is 14.2. The Kier molecular flexibility index (Phi) is 5.62. The maximum Gasteiger partial charge on any atom is 0.330 e. The van der Waals surface area contributed by atoms with Crippen LogP contribution in [0, 0.1) is 0 Å². The van der Waals surface area contributed by atoms with Gasteiger partial charge < -0.3 is 14.2 Å². The van der Waals surface area contributed by atoms with Crippen molar-refractivity contribution in [2.75, 3.05) is 20.3 Å². The fraction of sp³-hybridized carbons (Fsp3) is 0.438. The van der Waals surface area contributed by atoms with E-state index in [1.807, 2.05) is 24.3 Å². The minimum atomic E-state index is -0.345. The van der Waals surface area contributed by atoms with Crippen LogP contribution in [0.2, 0.25) is 0 Å². The normalized spacial score (nSPS) is 18.9. The molecule has 1 saturated heterocycles. The average molecular weight is 276 g/mol. The molecule has 1 atom stereocenters. The third-order valence-corrected chi connectivity index (χ3v) is 3.19. The smallest absolute Gasteiger partial charge is 0.330 e. The van der Waals surface area contributed by atoms with Crippen LogP contribution in [0.1, 0.15) is 24.8 Å². The zero-order valence-electron chi connectivity index (χ0n) is 11.7. The van der Waals surface area contributed by atoms with E-state index in [-0.39, 0.29) is 12.1 Å². The molecule has 1 unspecified atom stereocenters. The lowest BCUT2D eigenvalue weighted by Crippen LogP contribution is -2.25. The quantitative estimate of drug-likeness (QED) is 0.613. The molecular formula is C16H20O4. The van der Waals surface area contributed by atoms with Crippen LogP contribution in [0.3, 0.4) is 0 Å². The maximum atomic E-state index is 11.6. The summed E-state index contributed by atoms with van der Waals surface area (Å²) in [6.45, 7) is 1.10. The van der Waals surface area contributed by atoms with Crippen molar-refractivity contribution in [2.45, 2.75) is 25.4 Å². The third-order valence-electron chi connectivity index (χ3n) is 3.19. The van der Waals surface area contributed by atoms with Crippen molar-refractivity contribution in [3.8, 4) is 5.75 Å². The predicted octanol–water partition coefficient (Wildman–Crippen LogP) is 2.82. The molecule has 0 saturated carbocycles. The van der Waals surface area contributed by atoms with Gasteiger partial charge in [-0.1, -0.05) is 12.1 Å². The van der Waals surface area contributed by atoms with Crippen molar-refractivity contribution in [2.24, 2.45) is 0 Å². The number of rotatable bonds is 5. The molecule has 4 nitrogen and oxygen atoms in total. The first kappa shape index (κ1) is 14.6. The zero-order valence-corrected chi connectivity index (χ0v) is 11.7. The van der Waals surface area contributed by atoms with Gasteiger partial charge in [-0.05, 0) is 43.0 Å². The Hall–Kier alpha value is -1.81. The lowest BCUT2D eigenvalue weighted by Gasteiger charge is -2.21. The predicted molar refractivity (Wildman–Crippen MR) is 76.6 cm³/mol. The van der Waals surface area contributed by atoms with Crippen LogP contribution in [0.4, 0.5) is 0 Å². The molecule has 0 amide bonds. The molecular weight excluding hydrogens is 256 g/mol. The number of carbonyl (C=O) groups is 1. The number of benzene rings is 1. The Balaban J connectivity index is 1.79. The molecule has 108 valence electrons. The summed E-state index contributed by atoms with van der Waals surface area (Å²) in [5.41, 5.74) is 0.898. The van der Waals surface area contributed by atoms with Crippen molar-refractivity contribution in [3.05, 3.63) is 35.9 Å². The molecule has 0 bridgehead atoms. The molecule has 1 aliphatic rings. The van der Waals surface area contributed by atoms with Crippen LogP contribution in [0.15, 0.2) is 30.3 Å². The van der Waals surface area contributed by atoms with Gasteiger partial charge in [0.25, 0.3) is 0 Å².